The van der Waals surface area contributed by atoms with Gasteiger partial charge in [-0.1, -0.05) is 12.2 Å². The zero-order valence-corrected chi connectivity index (χ0v) is 10.5. The van der Waals surface area contributed by atoms with Crippen molar-refractivity contribution in [1.82, 2.24) is 0 Å². The smallest absolute Gasteiger partial charge is 0.338 e. The Kier molecular flexibility index (Phi) is 4.13. The lowest BCUT2D eigenvalue weighted by Crippen LogP contribution is -2.38. The van der Waals surface area contributed by atoms with Gasteiger partial charge in [-0.2, -0.15) is 11.3 Å². The maximum absolute atomic E-state index is 11.3. The van der Waals surface area contributed by atoms with Crippen molar-refractivity contribution in [3.05, 3.63) is 28.5 Å². The summed E-state index contributed by atoms with van der Waals surface area (Å²) in [5, 5.41) is 23.5. The summed E-state index contributed by atoms with van der Waals surface area (Å²) in [6, 6.07) is 1.89. The molecule has 1 aromatic heterocycles. The van der Waals surface area contributed by atoms with Gasteiger partial charge in [-0.3, -0.25) is 0 Å². The number of thiophene rings is 1. The molecule has 1 unspecified atom stereocenters. The van der Waals surface area contributed by atoms with Crippen molar-refractivity contribution >= 4 is 23.4 Å². The van der Waals surface area contributed by atoms with Crippen LogP contribution in [0.2, 0.25) is 0 Å². The van der Waals surface area contributed by atoms with Crippen molar-refractivity contribution in [2.24, 2.45) is 0 Å². The van der Waals surface area contributed by atoms with Crippen LogP contribution in [0.4, 0.5) is 0 Å². The number of aliphatic hydroxyl groups is 2. The van der Waals surface area contributed by atoms with Crippen LogP contribution in [0.15, 0.2) is 22.9 Å². The first kappa shape index (κ1) is 13.2. The molecule has 2 rings (SSSR count). The van der Waals surface area contributed by atoms with Gasteiger partial charge in [0.05, 0.1) is 0 Å². The Balaban J connectivity index is 2.02. The van der Waals surface area contributed by atoms with Crippen LogP contribution in [0.25, 0.3) is 6.08 Å². The largest absolute Gasteiger partial charge is 0.454 e. The zero-order valence-electron chi connectivity index (χ0n) is 9.72. The lowest BCUT2D eigenvalue weighted by atomic mass is 10.1. The average Bonchev–Trinajstić information content (AvgIpc) is 2.95. The summed E-state index contributed by atoms with van der Waals surface area (Å²) in [7, 11) is 1.31. The molecule has 1 aliphatic rings. The highest BCUT2D eigenvalue weighted by atomic mass is 32.1. The van der Waals surface area contributed by atoms with E-state index < -0.39 is 30.4 Å². The number of carbonyl (C=O) groups excluding carboxylic acids is 1. The Labute approximate surface area is 108 Å². The summed E-state index contributed by atoms with van der Waals surface area (Å²) in [6.07, 6.45) is -1.05. The van der Waals surface area contributed by atoms with Crippen molar-refractivity contribution in [1.29, 1.82) is 0 Å². The summed E-state index contributed by atoms with van der Waals surface area (Å²) in [4.78, 5) is 11.3. The molecule has 0 saturated carbocycles. The van der Waals surface area contributed by atoms with Crippen molar-refractivity contribution < 1.29 is 24.5 Å². The second-order valence-corrected chi connectivity index (χ2v) is 4.73. The van der Waals surface area contributed by atoms with Crippen molar-refractivity contribution in [2.75, 3.05) is 7.11 Å². The number of aliphatic hydroxyl groups excluding tert-OH is 2. The van der Waals surface area contributed by atoms with Gasteiger partial charge in [0.2, 0.25) is 0 Å². The fourth-order valence-electron chi connectivity index (χ4n) is 1.78. The van der Waals surface area contributed by atoms with Crippen molar-refractivity contribution in [3.8, 4) is 0 Å². The first-order valence-electron chi connectivity index (χ1n) is 5.43. The quantitative estimate of drug-likeness (QED) is 0.776. The molecule has 1 saturated heterocycles. The van der Waals surface area contributed by atoms with Crippen LogP contribution < -0.4 is 0 Å². The van der Waals surface area contributed by atoms with Crippen LogP contribution in [-0.2, 0) is 14.3 Å². The first-order valence-corrected chi connectivity index (χ1v) is 6.37. The normalized spacial score (nSPS) is 29.7. The number of rotatable bonds is 4. The van der Waals surface area contributed by atoms with E-state index in [0.29, 0.717) is 0 Å². The molecule has 0 bridgehead atoms. The van der Waals surface area contributed by atoms with E-state index in [1.54, 1.807) is 17.4 Å². The van der Waals surface area contributed by atoms with E-state index in [-0.39, 0.29) is 0 Å². The van der Waals surface area contributed by atoms with Gasteiger partial charge in [0, 0.05) is 7.11 Å². The van der Waals surface area contributed by atoms with Crippen molar-refractivity contribution in [2.45, 2.75) is 24.4 Å². The number of esters is 1. The summed E-state index contributed by atoms with van der Waals surface area (Å²) < 4.78 is 9.70. The minimum absolute atomic E-state index is 0.655. The molecular weight excluding hydrogens is 256 g/mol. The molecule has 2 N–H and O–H groups in total. The Morgan fingerprint density at radius 3 is 2.94 bits per heavy atom. The SMILES string of the molecule is CO[C@H]1C(=O)O[C@@H]([C@H](O)/C=C/c2ccsc2)C1O. The molecule has 18 heavy (non-hydrogen) atoms. The summed E-state index contributed by atoms with van der Waals surface area (Å²) in [5.41, 5.74) is 0.946. The molecule has 2 heterocycles. The molecule has 0 amide bonds. The zero-order chi connectivity index (χ0) is 13.1. The third-order valence-electron chi connectivity index (χ3n) is 2.75. The monoisotopic (exact) mass is 270 g/mol. The Morgan fingerprint density at radius 1 is 1.61 bits per heavy atom. The summed E-state index contributed by atoms with van der Waals surface area (Å²) in [6.45, 7) is 0. The highest BCUT2D eigenvalue weighted by Crippen LogP contribution is 2.22. The molecule has 5 nitrogen and oxygen atoms in total. The number of hydrogen-bond donors (Lipinski definition) is 2. The lowest BCUT2D eigenvalue weighted by molar-refractivity contribution is -0.150. The second-order valence-electron chi connectivity index (χ2n) is 3.95. The third kappa shape index (κ3) is 2.62. The maximum Gasteiger partial charge on any atom is 0.338 e. The van der Waals surface area contributed by atoms with Gasteiger partial charge in [0.25, 0.3) is 0 Å². The first-order chi connectivity index (χ1) is 8.63. The highest BCUT2D eigenvalue weighted by molar-refractivity contribution is 7.08. The molecule has 0 spiro atoms. The lowest BCUT2D eigenvalue weighted by Gasteiger charge is -2.17. The number of methoxy groups -OCH3 is 1. The number of cyclic esters (lactones) is 1. The second kappa shape index (κ2) is 5.62. The fraction of sp³-hybridized carbons (Fsp3) is 0.417. The van der Waals surface area contributed by atoms with E-state index in [9.17, 15) is 15.0 Å². The minimum Gasteiger partial charge on any atom is -0.454 e. The Bertz CT molecular complexity index is 428. The van der Waals surface area contributed by atoms with Gasteiger partial charge in [-0.25, -0.2) is 4.79 Å². The van der Waals surface area contributed by atoms with Gasteiger partial charge in [0.15, 0.2) is 12.2 Å². The van der Waals surface area contributed by atoms with Crippen LogP contribution >= 0.6 is 11.3 Å². The van der Waals surface area contributed by atoms with Gasteiger partial charge >= 0.3 is 5.97 Å². The fourth-order valence-corrected chi connectivity index (χ4v) is 2.41. The number of ether oxygens (including phenoxy) is 2. The predicted octanol–water partition coefficient (Wildman–Crippen LogP) is 0.423. The van der Waals surface area contributed by atoms with Crippen LogP contribution in [0.3, 0.4) is 0 Å². The van der Waals surface area contributed by atoms with Gasteiger partial charge in [-0.05, 0) is 22.4 Å². The standard InChI is InChI=1S/C12H14O5S/c1-16-11-9(14)10(17-12(11)15)8(13)3-2-7-4-5-18-6-7/h2-6,8-11,13-14H,1H3/b3-2+/t8-,9?,10+,11-/m1/s1. The third-order valence-corrected chi connectivity index (χ3v) is 3.45. The molecular formula is C12H14O5S. The van der Waals surface area contributed by atoms with Crippen LogP contribution in [0, 0.1) is 0 Å². The van der Waals surface area contributed by atoms with Gasteiger partial charge in [-0.15, -0.1) is 0 Å². The van der Waals surface area contributed by atoms with Crippen LogP contribution in [0.5, 0.6) is 0 Å². The Morgan fingerprint density at radius 2 is 2.39 bits per heavy atom. The van der Waals surface area contributed by atoms with Crippen LogP contribution in [-0.4, -0.2) is 47.7 Å². The minimum atomic E-state index is -1.16. The van der Waals surface area contributed by atoms with E-state index in [0.717, 1.165) is 5.56 Å². The maximum atomic E-state index is 11.3. The molecule has 6 heteroatoms. The molecule has 1 aromatic rings. The Hall–Kier alpha value is -1.21. The van der Waals surface area contributed by atoms with E-state index >= 15 is 0 Å². The van der Waals surface area contributed by atoms with Gasteiger partial charge in [0.1, 0.15) is 12.2 Å². The predicted molar refractivity (Wildman–Crippen MR) is 66.0 cm³/mol. The molecule has 0 aromatic carbocycles. The molecule has 98 valence electrons. The van der Waals surface area contributed by atoms with E-state index in [4.69, 9.17) is 9.47 Å². The molecule has 1 aliphatic heterocycles. The number of carbonyl (C=O) groups is 1. The topological polar surface area (TPSA) is 76.0 Å². The molecule has 0 aliphatic carbocycles. The molecule has 1 fully saturated rings. The van der Waals surface area contributed by atoms with E-state index in [1.165, 1.54) is 13.2 Å². The average molecular weight is 270 g/mol. The van der Waals surface area contributed by atoms with Crippen molar-refractivity contribution in [3.63, 3.8) is 0 Å². The van der Waals surface area contributed by atoms with E-state index in [1.807, 2.05) is 16.8 Å². The molecule has 4 atom stereocenters. The highest BCUT2D eigenvalue weighted by Gasteiger charge is 2.46. The summed E-state index contributed by atoms with van der Waals surface area (Å²) in [5.74, 6) is -0.655. The number of hydrogen-bond acceptors (Lipinski definition) is 6. The van der Waals surface area contributed by atoms with E-state index in [2.05, 4.69) is 0 Å². The van der Waals surface area contributed by atoms with Gasteiger partial charge < -0.3 is 19.7 Å². The van der Waals surface area contributed by atoms with Crippen LogP contribution in [0.1, 0.15) is 5.56 Å². The summed E-state index contributed by atoms with van der Waals surface area (Å²) >= 11 is 1.54. The molecule has 0 radical (unpaired) electrons.